The van der Waals surface area contributed by atoms with Gasteiger partial charge in [-0.1, -0.05) is 25.3 Å². The predicted molar refractivity (Wildman–Crippen MR) is 91.5 cm³/mol. The molecule has 3 aliphatic rings. The Morgan fingerprint density at radius 1 is 1.24 bits per heavy atom. The second kappa shape index (κ2) is 5.56. The van der Waals surface area contributed by atoms with Crippen LogP contribution in [-0.4, -0.2) is 38.7 Å². The zero-order valence-corrected chi connectivity index (χ0v) is 14.2. The molecule has 21 heavy (non-hydrogen) atoms. The van der Waals surface area contributed by atoms with Crippen molar-refractivity contribution in [2.24, 2.45) is 0 Å². The SMILES string of the molecule is O=C1[C@H]2CS[C@@H](c3cccs3)N2C(=S)N1C1CCCCC1. The highest BCUT2D eigenvalue weighted by Gasteiger charge is 2.52. The zero-order valence-electron chi connectivity index (χ0n) is 11.7. The lowest BCUT2D eigenvalue weighted by Gasteiger charge is -2.32. The van der Waals surface area contributed by atoms with Crippen LogP contribution in [0.1, 0.15) is 42.4 Å². The van der Waals surface area contributed by atoms with E-state index in [0.29, 0.717) is 6.04 Å². The summed E-state index contributed by atoms with van der Waals surface area (Å²) in [4.78, 5) is 18.3. The molecule has 0 radical (unpaired) electrons. The van der Waals surface area contributed by atoms with Gasteiger partial charge in [-0.25, -0.2) is 0 Å². The summed E-state index contributed by atoms with van der Waals surface area (Å²) in [6.07, 6.45) is 5.98. The predicted octanol–water partition coefficient (Wildman–Crippen LogP) is 3.62. The Bertz CT molecular complexity index is 553. The fourth-order valence-corrected chi connectivity index (χ4v) is 6.56. The van der Waals surface area contributed by atoms with Gasteiger partial charge in [0.2, 0.25) is 0 Å². The Morgan fingerprint density at radius 3 is 2.76 bits per heavy atom. The number of hydrogen-bond donors (Lipinski definition) is 0. The molecule has 2 atom stereocenters. The minimum absolute atomic E-state index is 0.0310. The molecule has 1 aliphatic carbocycles. The molecule has 3 heterocycles. The molecule has 0 unspecified atom stereocenters. The molecule has 1 amide bonds. The third-order valence-corrected chi connectivity index (χ3v) is 7.46. The molecule has 0 bridgehead atoms. The molecule has 112 valence electrons. The number of nitrogens with zero attached hydrogens (tertiary/aromatic N) is 2. The Hall–Kier alpha value is -0.590. The van der Waals surface area contributed by atoms with Crippen LogP contribution >= 0.6 is 35.3 Å². The van der Waals surface area contributed by atoms with Crippen LogP contribution in [0.15, 0.2) is 17.5 Å². The number of amides is 1. The summed E-state index contributed by atoms with van der Waals surface area (Å²) in [7, 11) is 0. The topological polar surface area (TPSA) is 23.6 Å². The summed E-state index contributed by atoms with van der Waals surface area (Å²) >= 11 is 9.32. The van der Waals surface area contributed by atoms with Crippen molar-refractivity contribution in [1.82, 2.24) is 9.80 Å². The van der Waals surface area contributed by atoms with E-state index in [4.69, 9.17) is 12.2 Å². The number of rotatable bonds is 2. The van der Waals surface area contributed by atoms with E-state index in [9.17, 15) is 4.79 Å². The van der Waals surface area contributed by atoms with E-state index in [1.807, 2.05) is 16.7 Å². The Morgan fingerprint density at radius 2 is 2.05 bits per heavy atom. The van der Waals surface area contributed by atoms with Gasteiger partial charge in [0.25, 0.3) is 5.91 Å². The molecule has 3 nitrogen and oxygen atoms in total. The standard InChI is InChI=1S/C15H18N2OS3/c18-13-11-9-21-14(12-7-4-8-20-12)17(11)15(19)16(13)10-5-2-1-3-6-10/h4,7-8,10-11,14H,1-3,5-6,9H2/t11-,14+/m1/s1. The van der Waals surface area contributed by atoms with Gasteiger partial charge < -0.3 is 4.90 Å². The fraction of sp³-hybridized carbons (Fsp3) is 0.600. The average molecular weight is 339 g/mol. The molecule has 2 aliphatic heterocycles. The smallest absolute Gasteiger partial charge is 0.252 e. The third kappa shape index (κ3) is 2.23. The van der Waals surface area contributed by atoms with Crippen molar-refractivity contribution < 1.29 is 4.79 Å². The largest absolute Gasteiger partial charge is 0.319 e. The van der Waals surface area contributed by atoms with Gasteiger partial charge >= 0.3 is 0 Å². The molecule has 1 aromatic rings. The van der Waals surface area contributed by atoms with Gasteiger partial charge in [-0.15, -0.1) is 23.1 Å². The van der Waals surface area contributed by atoms with Gasteiger partial charge in [-0.2, -0.15) is 0 Å². The third-order valence-electron chi connectivity index (χ3n) is 4.68. The number of thiocarbonyl (C=S) groups is 1. The van der Waals surface area contributed by atoms with E-state index in [1.165, 1.54) is 24.1 Å². The number of fused-ring (bicyclic) bond motifs is 1. The van der Waals surface area contributed by atoms with E-state index in [2.05, 4.69) is 22.4 Å². The molecule has 0 N–H and O–H groups in total. The maximum Gasteiger partial charge on any atom is 0.252 e. The van der Waals surface area contributed by atoms with E-state index in [-0.39, 0.29) is 17.3 Å². The zero-order chi connectivity index (χ0) is 14.4. The van der Waals surface area contributed by atoms with Gasteiger partial charge in [0.15, 0.2) is 5.11 Å². The van der Waals surface area contributed by atoms with E-state index >= 15 is 0 Å². The first-order valence-electron chi connectivity index (χ1n) is 7.58. The van der Waals surface area contributed by atoms with E-state index in [1.54, 1.807) is 11.3 Å². The van der Waals surface area contributed by atoms with E-state index in [0.717, 1.165) is 23.7 Å². The van der Waals surface area contributed by atoms with Crippen molar-refractivity contribution in [2.45, 2.75) is 49.6 Å². The van der Waals surface area contributed by atoms with Crippen molar-refractivity contribution in [1.29, 1.82) is 0 Å². The molecule has 6 heteroatoms. The van der Waals surface area contributed by atoms with Gasteiger partial charge in [0, 0.05) is 16.7 Å². The summed E-state index contributed by atoms with van der Waals surface area (Å²) in [5.41, 5.74) is 0. The van der Waals surface area contributed by atoms with Crippen LogP contribution in [0.3, 0.4) is 0 Å². The first-order chi connectivity index (χ1) is 10.3. The molecule has 0 spiro atoms. The maximum atomic E-state index is 12.8. The van der Waals surface area contributed by atoms with Gasteiger partial charge in [-0.3, -0.25) is 9.69 Å². The molecule has 1 aromatic heterocycles. The number of carbonyl (C=O) groups excluding carboxylic acids is 1. The normalized spacial score (nSPS) is 30.3. The maximum absolute atomic E-state index is 12.8. The number of thioether (sulfide) groups is 1. The lowest BCUT2D eigenvalue weighted by molar-refractivity contribution is -0.129. The van der Waals surface area contributed by atoms with Crippen molar-refractivity contribution in [3.63, 3.8) is 0 Å². The lowest BCUT2D eigenvalue weighted by Crippen LogP contribution is -2.42. The van der Waals surface area contributed by atoms with Crippen LogP contribution in [-0.2, 0) is 4.79 Å². The molecular weight excluding hydrogens is 320 g/mol. The molecule has 1 saturated carbocycles. The van der Waals surface area contributed by atoms with Gasteiger partial charge in [0.05, 0.1) is 0 Å². The molecule has 3 fully saturated rings. The number of thiophene rings is 1. The van der Waals surface area contributed by atoms with Gasteiger partial charge in [0.1, 0.15) is 11.4 Å². The molecular formula is C15H18N2OS3. The minimum atomic E-state index is -0.0310. The first kappa shape index (κ1) is 14.0. The first-order valence-corrected chi connectivity index (χ1v) is 9.91. The summed E-state index contributed by atoms with van der Waals surface area (Å²) in [6, 6.07) is 4.55. The molecule has 2 saturated heterocycles. The summed E-state index contributed by atoms with van der Waals surface area (Å²) in [6.45, 7) is 0. The summed E-state index contributed by atoms with van der Waals surface area (Å²) in [5, 5.41) is 3.11. The Labute approximate surface area is 138 Å². The van der Waals surface area contributed by atoms with Crippen LogP contribution in [0.25, 0.3) is 0 Å². The Kier molecular flexibility index (Phi) is 3.71. The van der Waals surface area contributed by atoms with Crippen molar-refractivity contribution >= 4 is 46.3 Å². The van der Waals surface area contributed by atoms with Crippen LogP contribution in [0, 0.1) is 0 Å². The van der Waals surface area contributed by atoms with Crippen LogP contribution in [0.4, 0.5) is 0 Å². The molecule has 4 rings (SSSR count). The van der Waals surface area contributed by atoms with Crippen LogP contribution < -0.4 is 0 Å². The number of carbonyl (C=O) groups is 1. The second-order valence-corrected chi connectivity index (χ2v) is 8.36. The average Bonchev–Trinajstić information content (AvgIpc) is 3.20. The quantitative estimate of drug-likeness (QED) is 0.769. The number of hydrogen-bond acceptors (Lipinski definition) is 4. The summed E-state index contributed by atoms with van der Waals surface area (Å²) < 4.78 is 0. The fourth-order valence-electron chi connectivity index (χ4n) is 3.64. The highest BCUT2D eigenvalue weighted by molar-refractivity contribution is 8.00. The monoisotopic (exact) mass is 338 g/mol. The van der Waals surface area contributed by atoms with Crippen molar-refractivity contribution in [2.75, 3.05) is 5.75 Å². The van der Waals surface area contributed by atoms with Crippen LogP contribution in [0.2, 0.25) is 0 Å². The van der Waals surface area contributed by atoms with Gasteiger partial charge in [-0.05, 0) is 36.5 Å². The van der Waals surface area contributed by atoms with E-state index < -0.39 is 0 Å². The van der Waals surface area contributed by atoms with Crippen molar-refractivity contribution in [3.8, 4) is 0 Å². The van der Waals surface area contributed by atoms with Crippen LogP contribution in [0.5, 0.6) is 0 Å². The summed E-state index contributed by atoms with van der Waals surface area (Å²) in [5.74, 6) is 1.11. The highest BCUT2D eigenvalue weighted by atomic mass is 32.2. The molecule has 0 aromatic carbocycles. The van der Waals surface area contributed by atoms with Crippen molar-refractivity contribution in [3.05, 3.63) is 22.4 Å². The Balaban J connectivity index is 1.61. The second-order valence-electron chi connectivity index (χ2n) is 5.91. The minimum Gasteiger partial charge on any atom is -0.319 e. The highest BCUT2D eigenvalue weighted by Crippen LogP contribution is 2.47. The lowest BCUT2D eigenvalue weighted by atomic mass is 9.94.